The molecule has 0 radical (unpaired) electrons. The van der Waals surface area contributed by atoms with Gasteiger partial charge in [0.1, 0.15) is 12.1 Å². The summed E-state index contributed by atoms with van der Waals surface area (Å²) in [7, 11) is 1.68. The fourth-order valence-electron chi connectivity index (χ4n) is 5.75. The van der Waals surface area contributed by atoms with Crippen molar-refractivity contribution in [2.75, 3.05) is 20.1 Å². The van der Waals surface area contributed by atoms with Gasteiger partial charge in [-0.1, -0.05) is 68.4 Å². The van der Waals surface area contributed by atoms with Crippen LogP contribution in [0.1, 0.15) is 52.0 Å². The van der Waals surface area contributed by atoms with Gasteiger partial charge in [0.15, 0.2) is 0 Å². The third-order valence-electron chi connectivity index (χ3n) is 8.13. The Morgan fingerprint density at radius 3 is 2.33 bits per heavy atom. The maximum Gasteiger partial charge on any atom is 0.247 e. The summed E-state index contributed by atoms with van der Waals surface area (Å²) < 4.78 is 0. The van der Waals surface area contributed by atoms with Crippen molar-refractivity contribution in [1.82, 2.24) is 25.8 Å². The fraction of sp³-hybridized carbons (Fsp3) is 0.500. The van der Waals surface area contributed by atoms with Gasteiger partial charge in [-0.15, -0.1) is 12.4 Å². The number of hydrogen-bond donors (Lipinski definition) is 3. The van der Waals surface area contributed by atoms with E-state index in [2.05, 4.69) is 16.0 Å². The molecule has 0 aromatic heterocycles. The second-order valence-electron chi connectivity index (χ2n) is 11.5. The monoisotopic (exact) mass is 597 g/mol. The van der Waals surface area contributed by atoms with Gasteiger partial charge in [-0.3, -0.25) is 19.2 Å². The molecule has 2 aromatic carbocycles. The number of halogens is 1. The molecule has 2 fully saturated rings. The molecule has 0 saturated carbocycles. The number of likely N-dealkylation sites (N-methyl/N-ethyl adjacent to an activating group) is 1. The van der Waals surface area contributed by atoms with E-state index in [1.54, 1.807) is 23.8 Å². The van der Waals surface area contributed by atoms with E-state index in [1.807, 2.05) is 68.4 Å². The van der Waals surface area contributed by atoms with E-state index < -0.39 is 18.1 Å². The highest BCUT2D eigenvalue weighted by Gasteiger charge is 2.45. The van der Waals surface area contributed by atoms with Crippen molar-refractivity contribution in [1.29, 1.82) is 0 Å². The third kappa shape index (κ3) is 7.89. The fourth-order valence-corrected chi connectivity index (χ4v) is 5.75. The minimum atomic E-state index is -0.926. The van der Waals surface area contributed by atoms with Crippen LogP contribution in [-0.2, 0) is 25.7 Å². The quantitative estimate of drug-likeness (QED) is 0.411. The van der Waals surface area contributed by atoms with Crippen molar-refractivity contribution >= 4 is 36.0 Å². The minimum Gasteiger partial charge on any atom is -0.350 e. The summed E-state index contributed by atoms with van der Waals surface area (Å²) in [5.74, 6) is -0.672. The van der Waals surface area contributed by atoms with Crippen molar-refractivity contribution in [3.05, 3.63) is 60.2 Å². The zero-order chi connectivity index (χ0) is 29.5. The Kier molecular flexibility index (Phi) is 11.9. The number of fused-ring (bicyclic) bond motifs is 1. The summed E-state index contributed by atoms with van der Waals surface area (Å²) in [5.41, 5.74) is 3.11. The molecule has 42 heavy (non-hydrogen) atoms. The number of carbonyl (C=O) groups is 4. The second kappa shape index (κ2) is 15.2. The number of carbonyl (C=O) groups excluding carboxylic acids is 4. The standard InChI is InChI=1S/C32H43N5O4.ClH/c1-21(2)18-29(38)36-17-16-25-14-15-28(37(25)32(41)27(20-36)35-30(39)22(3)33-4)31(40)34-19-24-12-8-9-13-26(24)23-10-6-5-7-11-23;/h5-13,21-22,25,27-28,33H,14-20H2,1-4H3,(H,34,40)(H,35,39);1H/t22-,25+,27-,28-;/m0./s1. The van der Waals surface area contributed by atoms with E-state index >= 15 is 0 Å². The van der Waals surface area contributed by atoms with Crippen LogP contribution in [0.3, 0.4) is 0 Å². The van der Waals surface area contributed by atoms with Crippen LogP contribution in [0.2, 0.25) is 0 Å². The van der Waals surface area contributed by atoms with E-state index in [9.17, 15) is 19.2 Å². The number of hydrogen-bond acceptors (Lipinski definition) is 5. The van der Waals surface area contributed by atoms with Crippen molar-refractivity contribution in [2.24, 2.45) is 5.92 Å². The largest absolute Gasteiger partial charge is 0.350 e. The zero-order valence-electron chi connectivity index (χ0n) is 25.0. The first-order valence-corrected chi connectivity index (χ1v) is 14.7. The lowest BCUT2D eigenvalue weighted by atomic mass is 9.99. The molecule has 10 heteroatoms. The van der Waals surface area contributed by atoms with Gasteiger partial charge in [0.05, 0.1) is 6.04 Å². The molecule has 2 aliphatic heterocycles. The highest BCUT2D eigenvalue weighted by atomic mass is 35.5. The van der Waals surface area contributed by atoms with Crippen molar-refractivity contribution in [3.8, 4) is 11.1 Å². The lowest BCUT2D eigenvalue weighted by Crippen LogP contribution is -2.62. The van der Waals surface area contributed by atoms with Gasteiger partial charge in [0, 0.05) is 32.1 Å². The summed E-state index contributed by atoms with van der Waals surface area (Å²) in [6, 6.07) is 15.8. The SMILES string of the molecule is CN[C@@H](C)C(=O)N[C@H]1CN(C(=O)CC(C)C)CC[C@H]2CC[C@@H](C(=O)NCc3ccccc3-c3ccccc3)N2C1=O.Cl. The number of rotatable bonds is 9. The first-order valence-electron chi connectivity index (χ1n) is 14.7. The molecule has 0 aliphatic carbocycles. The van der Waals surface area contributed by atoms with Crippen LogP contribution in [0.5, 0.6) is 0 Å². The number of amides is 4. The first-order chi connectivity index (χ1) is 19.7. The highest BCUT2D eigenvalue weighted by Crippen LogP contribution is 2.30. The van der Waals surface area contributed by atoms with Crippen LogP contribution < -0.4 is 16.0 Å². The molecule has 228 valence electrons. The first kappa shape index (κ1) is 33.1. The van der Waals surface area contributed by atoms with Gasteiger partial charge in [0.2, 0.25) is 23.6 Å². The predicted octanol–water partition coefficient (Wildman–Crippen LogP) is 3.12. The number of nitrogens with zero attached hydrogens (tertiary/aromatic N) is 2. The number of benzene rings is 2. The molecule has 2 aromatic rings. The summed E-state index contributed by atoms with van der Waals surface area (Å²) in [4.78, 5) is 56.8. The summed E-state index contributed by atoms with van der Waals surface area (Å²) in [6.07, 6.45) is 2.19. The molecular formula is C32H44ClN5O4. The molecule has 0 bridgehead atoms. The Hall–Kier alpha value is -3.43. The smallest absolute Gasteiger partial charge is 0.247 e. The maximum absolute atomic E-state index is 14.0. The van der Waals surface area contributed by atoms with Crippen LogP contribution >= 0.6 is 12.4 Å². The molecule has 9 nitrogen and oxygen atoms in total. The number of nitrogens with one attached hydrogen (secondary N) is 3. The van der Waals surface area contributed by atoms with Crippen molar-refractivity contribution in [3.63, 3.8) is 0 Å². The van der Waals surface area contributed by atoms with E-state index in [0.29, 0.717) is 38.8 Å². The molecule has 4 rings (SSSR count). The van der Waals surface area contributed by atoms with E-state index in [1.165, 1.54) is 0 Å². The summed E-state index contributed by atoms with van der Waals surface area (Å²) in [6.45, 7) is 6.60. The predicted molar refractivity (Wildman–Crippen MR) is 166 cm³/mol. The Morgan fingerprint density at radius 2 is 1.64 bits per heavy atom. The second-order valence-corrected chi connectivity index (χ2v) is 11.5. The average Bonchev–Trinajstić information content (AvgIpc) is 3.39. The van der Waals surface area contributed by atoms with Gasteiger partial charge in [-0.05, 0) is 55.8 Å². The van der Waals surface area contributed by atoms with E-state index in [-0.39, 0.29) is 54.5 Å². The molecular weight excluding hydrogens is 554 g/mol. The van der Waals surface area contributed by atoms with E-state index in [0.717, 1.165) is 16.7 Å². The molecule has 0 unspecified atom stereocenters. The van der Waals surface area contributed by atoms with Crippen LogP contribution in [0.15, 0.2) is 54.6 Å². The third-order valence-corrected chi connectivity index (χ3v) is 8.13. The molecule has 0 spiro atoms. The molecule has 2 saturated heterocycles. The minimum absolute atomic E-state index is 0. The molecule has 2 heterocycles. The zero-order valence-corrected chi connectivity index (χ0v) is 25.8. The Morgan fingerprint density at radius 1 is 0.952 bits per heavy atom. The molecule has 2 aliphatic rings. The molecule has 4 atom stereocenters. The Labute approximate surface area is 255 Å². The summed E-state index contributed by atoms with van der Waals surface area (Å²) in [5, 5.41) is 8.84. The Bertz CT molecular complexity index is 1240. The maximum atomic E-state index is 14.0. The van der Waals surface area contributed by atoms with Crippen LogP contribution in [-0.4, -0.2) is 77.7 Å². The lowest BCUT2D eigenvalue weighted by Gasteiger charge is -2.39. The molecule has 4 amide bonds. The topological polar surface area (TPSA) is 111 Å². The van der Waals surface area contributed by atoms with Crippen LogP contribution in [0, 0.1) is 5.92 Å². The van der Waals surface area contributed by atoms with Gasteiger partial charge in [0.25, 0.3) is 0 Å². The van der Waals surface area contributed by atoms with Crippen molar-refractivity contribution in [2.45, 2.75) is 77.2 Å². The van der Waals surface area contributed by atoms with Gasteiger partial charge in [-0.2, -0.15) is 0 Å². The Balaban J connectivity index is 0.00000484. The lowest BCUT2D eigenvalue weighted by molar-refractivity contribution is -0.147. The summed E-state index contributed by atoms with van der Waals surface area (Å²) >= 11 is 0. The highest BCUT2D eigenvalue weighted by molar-refractivity contribution is 5.94. The van der Waals surface area contributed by atoms with Crippen LogP contribution in [0.25, 0.3) is 11.1 Å². The van der Waals surface area contributed by atoms with E-state index in [4.69, 9.17) is 0 Å². The normalized spacial score (nSPS) is 21.1. The van der Waals surface area contributed by atoms with Crippen LogP contribution in [0.4, 0.5) is 0 Å². The van der Waals surface area contributed by atoms with Gasteiger partial charge in [-0.25, -0.2) is 0 Å². The average molecular weight is 598 g/mol. The van der Waals surface area contributed by atoms with Crippen molar-refractivity contribution < 1.29 is 19.2 Å². The van der Waals surface area contributed by atoms with Gasteiger partial charge >= 0.3 is 0 Å². The molecule has 3 N–H and O–H groups in total. The van der Waals surface area contributed by atoms with Gasteiger partial charge < -0.3 is 25.8 Å².